The van der Waals surface area contributed by atoms with Crippen LogP contribution in [0.3, 0.4) is 0 Å². The van der Waals surface area contributed by atoms with E-state index >= 15 is 0 Å². The van der Waals surface area contributed by atoms with E-state index in [1.54, 1.807) is 0 Å². The Labute approximate surface area is 123 Å². The number of fused-ring (bicyclic) bond motifs is 3. The molecule has 2 aliphatic carbocycles. The number of phenols is 1. The van der Waals surface area contributed by atoms with Crippen LogP contribution in [-0.2, 0) is 18.3 Å². The van der Waals surface area contributed by atoms with Crippen molar-refractivity contribution < 1.29 is 5.11 Å². The first-order valence-electron chi connectivity index (χ1n) is 8.24. The first kappa shape index (κ1) is 14.0. The molecule has 110 valence electrons. The summed E-state index contributed by atoms with van der Waals surface area (Å²) in [7, 11) is 0. The lowest BCUT2D eigenvalue weighted by Crippen LogP contribution is -2.48. The molecule has 2 atom stereocenters. The molecule has 0 aliphatic heterocycles. The van der Waals surface area contributed by atoms with Crippen LogP contribution >= 0.6 is 0 Å². The van der Waals surface area contributed by atoms with E-state index in [1.165, 1.54) is 42.4 Å². The Kier molecular flexibility index (Phi) is 3.15. The average Bonchev–Trinajstić information content (AvgIpc) is 2.37. The van der Waals surface area contributed by atoms with Gasteiger partial charge in [0.2, 0.25) is 0 Å². The number of hydrogen-bond donors (Lipinski definition) is 1. The summed E-state index contributed by atoms with van der Waals surface area (Å²) >= 11 is 0. The second-order valence-corrected chi connectivity index (χ2v) is 7.79. The van der Waals surface area contributed by atoms with E-state index in [0.29, 0.717) is 16.6 Å². The lowest BCUT2D eigenvalue weighted by molar-refractivity contribution is 0.0405. The summed E-state index contributed by atoms with van der Waals surface area (Å²) in [6, 6.07) is 4.16. The average molecular weight is 272 g/mol. The summed E-state index contributed by atoms with van der Waals surface area (Å²) in [5, 5.41) is 10.1. The SMILES string of the molecule is CCc1c(O)ccc2c1CCC1C(C)(C)CCCC21C. The molecule has 1 heteroatoms. The van der Waals surface area contributed by atoms with Crippen molar-refractivity contribution >= 4 is 0 Å². The van der Waals surface area contributed by atoms with Crippen molar-refractivity contribution in [3.63, 3.8) is 0 Å². The minimum atomic E-state index is 0.312. The van der Waals surface area contributed by atoms with Crippen molar-refractivity contribution in [3.05, 3.63) is 28.8 Å². The lowest BCUT2D eigenvalue weighted by atomic mass is 9.50. The molecular formula is C19H28O. The fourth-order valence-electron chi connectivity index (χ4n) is 5.34. The van der Waals surface area contributed by atoms with Gasteiger partial charge in [0.1, 0.15) is 5.75 Å². The van der Waals surface area contributed by atoms with E-state index in [0.717, 1.165) is 18.8 Å². The van der Waals surface area contributed by atoms with Gasteiger partial charge in [-0.25, -0.2) is 0 Å². The fourth-order valence-corrected chi connectivity index (χ4v) is 5.34. The molecule has 2 unspecified atom stereocenters. The molecule has 1 aromatic rings. The predicted octanol–water partition coefficient (Wildman–Crippen LogP) is 4.98. The van der Waals surface area contributed by atoms with E-state index in [4.69, 9.17) is 0 Å². The Bertz CT molecular complexity index is 529. The van der Waals surface area contributed by atoms with Crippen molar-refractivity contribution in [1.29, 1.82) is 0 Å². The van der Waals surface area contributed by atoms with E-state index in [1.807, 2.05) is 6.07 Å². The van der Waals surface area contributed by atoms with Gasteiger partial charge in [-0.15, -0.1) is 0 Å². The Morgan fingerprint density at radius 3 is 2.65 bits per heavy atom. The van der Waals surface area contributed by atoms with Crippen LogP contribution in [0.25, 0.3) is 0 Å². The number of benzene rings is 1. The van der Waals surface area contributed by atoms with Gasteiger partial charge in [0.05, 0.1) is 0 Å². The summed E-state index contributed by atoms with van der Waals surface area (Å²) in [6.07, 6.45) is 7.38. The van der Waals surface area contributed by atoms with E-state index < -0.39 is 0 Å². The van der Waals surface area contributed by atoms with Gasteiger partial charge in [0.25, 0.3) is 0 Å². The molecule has 1 N–H and O–H groups in total. The minimum Gasteiger partial charge on any atom is -0.508 e. The third kappa shape index (κ3) is 1.82. The molecule has 0 saturated heterocycles. The Hall–Kier alpha value is -0.980. The normalized spacial score (nSPS) is 31.5. The van der Waals surface area contributed by atoms with Crippen LogP contribution in [0.15, 0.2) is 12.1 Å². The standard InChI is InChI=1S/C19H28O/c1-5-13-14-7-10-17-18(2,3)11-6-12-19(17,4)15(14)8-9-16(13)20/h8-9,17,20H,5-7,10-12H2,1-4H3. The first-order chi connectivity index (χ1) is 9.40. The minimum absolute atomic E-state index is 0.312. The zero-order valence-electron chi connectivity index (χ0n) is 13.4. The molecule has 1 aromatic carbocycles. The highest BCUT2D eigenvalue weighted by molar-refractivity contribution is 5.49. The van der Waals surface area contributed by atoms with Crippen molar-refractivity contribution in [2.45, 2.75) is 71.6 Å². The highest BCUT2D eigenvalue weighted by Crippen LogP contribution is 2.57. The topological polar surface area (TPSA) is 20.2 Å². The number of hydrogen-bond acceptors (Lipinski definition) is 1. The molecule has 0 spiro atoms. The van der Waals surface area contributed by atoms with Gasteiger partial charge in [-0.05, 0) is 71.6 Å². The van der Waals surface area contributed by atoms with Crippen molar-refractivity contribution in [3.8, 4) is 5.75 Å². The molecule has 0 radical (unpaired) electrons. The molecule has 0 bridgehead atoms. The Morgan fingerprint density at radius 1 is 1.20 bits per heavy atom. The van der Waals surface area contributed by atoms with Gasteiger partial charge in [0.15, 0.2) is 0 Å². The van der Waals surface area contributed by atoms with Gasteiger partial charge in [-0.3, -0.25) is 0 Å². The smallest absolute Gasteiger partial charge is 0.119 e. The molecule has 1 saturated carbocycles. The quantitative estimate of drug-likeness (QED) is 0.764. The van der Waals surface area contributed by atoms with Crippen molar-refractivity contribution in [2.24, 2.45) is 11.3 Å². The molecule has 0 amide bonds. The van der Waals surface area contributed by atoms with Gasteiger partial charge in [0, 0.05) is 0 Å². The second kappa shape index (κ2) is 4.51. The van der Waals surface area contributed by atoms with Gasteiger partial charge < -0.3 is 5.11 Å². The van der Waals surface area contributed by atoms with Gasteiger partial charge in [-0.1, -0.05) is 40.2 Å². The molecule has 1 fully saturated rings. The summed E-state index contributed by atoms with van der Waals surface area (Å²) in [4.78, 5) is 0. The highest BCUT2D eigenvalue weighted by atomic mass is 16.3. The maximum absolute atomic E-state index is 10.1. The van der Waals surface area contributed by atoms with Crippen LogP contribution in [0.4, 0.5) is 0 Å². The zero-order chi connectivity index (χ0) is 14.5. The number of aromatic hydroxyl groups is 1. The third-order valence-corrected chi connectivity index (χ3v) is 6.29. The van der Waals surface area contributed by atoms with Crippen LogP contribution in [0.2, 0.25) is 0 Å². The van der Waals surface area contributed by atoms with E-state index in [-0.39, 0.29) is 0 Å². The van der Waals surface area contributed by atoms with E-state index in [2.05, 4.69) is 33.8 Å². The molecule has 0 heterocycles. The van der Waals surface area contributed by atoms with Crippen molar-refractivity contribution in [1.82, 2.24) is 0 Å². The highest BCUT2D eigenvalue weighted by Gasteiger charge is 2.49. The second-order valence-electron chi connectivity index (χ2n) is 7.79. The Morgan fingerprint density at radius 2 is 1.95 bits per heavy atom. The summed E-state index contributed by atoms with van der Waals surface area (Å²) < 4.78 is 0. The Balaban J connectivity index is 2.16. The summed E-state index contributed by atoms with van der Waals surface area (Å²) in [5.74, 6) is 1.29. The predicted molar refractivity (Wildman–Crippen MR) is 84.3 cm³/mol. The molecular weight excluding hydrogens is 244 g/mol. The van der Waals surface area contributed by atoms with Crippen molar-refractivity contribution in [2.75, 3.05) is 0 Å². The van der Waals surface area contributed by atoms with Crippen LogP contribution in [-0.4, -0.2) is 5.11 Å². The monoisotopic (exact) mass is 272 g/mol. The molecule has 3 rings (SSSR count). The largest absolute Gasteiger partial charge is 0.508 e. The van der Waals surface area contributed by atoms with Gasteiger partial charge >= 0.3 is 0 Å². The van der Waals surface area contributed by atoms with Crippen LogP contribution in [0.1, 0.15) is 70.1 Å². The summed E-state index contributed by atoms with van der Waals surface area (Å²) in [6.45, 7) is 9.56. The molecule has 0 aromatic heterocycles. The van der Waals surface area contributed by atoms with Crippen LogP contribution < -0.4 is 0 Å². The molecule has 2 aliphatic rings. The summed E-state index contributed by atoms with van der Waals surface area (Å²) in [5.41, 5.74) is 4.97. The number of phenolic OH excluding ortho intramolecular Hbond substituents is 1. The maximum atomic E-state index is 10.1. The molecule has 1 nitrogen and oxygen atoms in total. The third-order valence-electron chi connectivity index (χ3n) is 6.29. The van der Waals surface area contributed by atoms with Crippen LogP contribution in [0.5, 0.6) is 5.75 Å². The molecule has 20 heavy (non-hydrogen) atoms. The zero-order valence-corrected chi connectivity index (χ0v) is 13.4. The first-order valence-corrected chi connectivity index (χ1v) is 8.24. The maximum Gasteiger partial charge on any atom is 0.119 e. The van der Waals surface area contributed by atoms with Crippen LogP contribution in [0, 0.1) is 11.3 Å². The lowest BCUT2D eigenvalue weighted by Gasteiger charge is -2.54. The fraction of sp³-hybridized carbons (Fsp3) is 0.684. The van der Waals surface area contributed by atoms with E-state index in [9.17, 15) is 5.11 Å². The van der Waals surface area contributed by atoms with Gasteiger partial charge in [-0.2, -0.15) is 0 Å². The number of rotatable bonds is 1.